The van der Waals surface area contributed by atoms with E-state index in [2.05, 4.69) is 106 Å². The summed E-state index contributed by atoms with van der Waals surface area (Å²) in [6, 6.07) is 0. The van der Waals surface area contributed by atoms with Crippen molar-refractivity contribution in [2.45, 2.75) is 367 Å². The SMILES string of the molecule is CC/C=C\C/C=C\C/C=C\C/C=C\C/C=C\C/C=C\C/C=C\CCCC(=O)OC(COC(=O)CCCCCCCCCCCCCCCC)COC(=O)CCCCCCCCCCCCCCCCCCCCCCCCCCCCC. The van der Waals surface area contributed by atoms with Gasteiger partial charge in [0.1, 0.15) is 13.2 Å². The molecule has 82 heavy (non-hydrogen) atoms. The van der Waals surface area contributed by atoms with Crippen LogP contribution in [0.25, 0.3) is 0 Å². The molecule has 0 aromatic rings. The molecule has 0 radical (unpaired) electrons. The summed E-state index contributed by atoms with van der Waals surface area (Å²) >= 11 is 0. The summed E-state index contributed by atoms with van der Waals surface area (Å²) in [6.07, 6.45) is 93.4. The first-order valence-electron chi connectivity index (χ1n) is 35.6. The summed E-state index contributed by atoms with van der Waals surface area (Å²) in [6.45, 7) is 6.54. The van der Waals surface area contributed by atoms with Crippen LogP contribution >= 0.6 is 0 Å². The standard InChI is InChI=1S/C76H134O6/c1-4-7-10-13-16-19-22-25-28-30-32-34-36-37-38-39-41-42-44-46-48-51-54-57-60-63-66-69-75(78)81-72-73(71-80-74(77)68-65-62-59-56-53-50-27-24-21-18-15-12-9-6-3)82-76(79)70-67-64-61-58-55-52-49-47-45-43-40-35-33-31-29-26-23-20-17-14-11-8-5-2/h8,11,17,20,26,29,33,35,43,45,49,52,58,61,73H,4-7,9-10,12-16,18-19,21-25,27-28,30-32,34,36-42,44,46-48,50-51,53-57,59-60,62-72H2,1-3H3/b11-8-,20-17-,29-26-,35-33-,45-43-,52-49-,61-58-. The topological polar surface area (TPSA) is 78.9 Å². The fourth-order valence-electron chi connectivity index (χ4n) is 10.4. The van der Waals surface area contributed by atoms with E-state index < -0.39 is 6.10 Å². The summed E-state index contributed by atoms with van der Waals surface area (Å²) in [5.74, 6) is -0.935. The van der Waals surface area contributed by atoms with Gasteiger partial charge in [-0.15, -0.1) is 0 Å². The Morgan fingerprint density at radius 3 is 0.732 bits per heavy atom. The molecule has 0 aromatic heterocycles. The molecule has 0 spiro atoms. The van der Waals surface area contributed by atoms with E-state index in [4.69, 9.17) is 14.2 Å². The van der Waals surface area contributed by atoms with Gasteiger partial charge in [0.25, 0.3) is 0 Å². The van der Waals surface area contributed by atoms with E-state index in [1.165, 1.54) is 225 Å². The lowest BCUT2D eigenvalue weighted by atomic mass is 10.0. The molecule has 6 heteroatoms. The van der Waals surface area contributed by atoms with Crippen LogP contribution in [-0.2, 0) is 28.6 Å². The largest absolute Gasteiger partial charge is 0.462 e. The highest BCUT2D eigenvalue weighted by atomic mass is 16.6. The van der Waals surface area contributed by atoms with Gasteiger partial charge in [0.05, 0.1) is 0 Å². The summed E-state index contributed by atoms with van der Waals surface area (Å²) < 4.78 is 16.9. The first-order chi connectivity index (χ1) is 40.5. The van der Waals surface area contributed by atoms with Crippen molar-refractivity contribution in [3.8, 4) is 0 Å². The monoisotopic (exact) mass is 1140 g/mol. The average Bonchev–Trinajstić information content (AvgIpc) is 3.47. The molecule has 0 aromatic carbocycles. The van der Waals surface area contributed by atoms with E-state index in [0.717, 1.165) is 89.9 Å². The van der Waals surface area contributed by atoms with Crippen LogP contribution in [0.5, 0.6) is 0 Å². The normalized spacial score (nSPS) is 12.6. The first kappa shape index (κ1) is 78.6. The molecule has 0 rings (SSSR count). The number of allylic oxidation sites excluding steroid dienone is 14. The number of hydrogen-bond donors (Lipinski definition) is 0. The van der Waals surface area contributed by atoms with Gasteiger partial charge in [0.15, 0.2) is 6.10 Å². The van der Waals surface area contributed by atoms with Crippen molar-refractivity contribution in [3.63, 3.8) is 0 Å². The van der Waals surface area contributed by atoms with Crippen LogP contribution in [-0.4, -0.2) is 37.2 Å². The molecule has 0 aliphatic heterocycles. The zero-order chi connectivity index (χ0) is 59.2. The number of rotatable bonds is 65. The molecule has 1 atom stereocenters. The van der Waals surface area contributed by atoms with Crippen LogP contribution < -0.4 is 0 Å². The third kappa shape index (κ3) is 67.4. The predicted octanol–water partition coefficient (Wildman–Crippen LogP) is 24.6. The van der Waals surface area contributed by atoms with E-state index >= 15 is 0 Å². The van der Waals surface area contributed by atoms with Gasteiger partial charge in [-0.2, -0.15) is 0 Å². The van der Waals surface area contributed by atoms with Gasteiger partial charge in [0.2, 0.25) is 0 Å². The molecule has 0 saturated heterocycles. The molecule has 0 saturated carbocycles. The second-order valence-electron chi connectivity index (χ2n) is 23.8. The van der Waals surface area contributed by atoms with Crippen molar-refractivity contribution in [2.24, 2.45) is 0 Å². The van der Waals surface area contributed by atoms with Crippen LogP contribution in [0.4, 0.5) is 0 Å². The molecule has 1 unspecified atom stereocenters. The minimum Gasteiger partial charge on any atom is -0.462 e. The highest BCUT2D eigenvalue weighted by Crippen LogP contribution is 2.18. The number of ether oxygens (including phenoxy) is 3. The zero-order valence-electron chi connectivity index (χ0n) is 54.5. The maximum atomic E-state index is 12.9. The van der Waals surface area contributed by atoms with E-state index in [0.29, 0.717) is 19.3 Å². The van der Waals surface area contributed by atoms with E-state index in [9.17, 15) is 14.4 Å². The van der Waals surface area contributed by atoms with Crippen LogP contribution in [0.15, 0.2) is 85.1 Å². The van der Waals surface area contributed by atoms with E-state index in [1.807, 2.05) is 0 Å². The number of esters is 3. The summed E-state index contributed by atoms with van der Waals surface area (Å²) in [5.41, 5.74) is 0. The third-order valence-corrected chi connectivity index (χ3v) is 15.7. The number of carbonyl (C=O) groups excluding carboxylic acids is 3. The number of unbranched alkanes of at least 4 members (excludes halogenated alkanes) is 40. The van der Waals surface area contributed by atoms with Crippen LogP contribution in [0, 0.1) is 0 Å². The Bertz CT molecular complexity index is 1550. The molecule has 0 aliphatic carbocycles. The van der Waals surface area contributed by atoms with E-state index in [1.54, 1.807) is 0 Å². The van der Waals surface area contributed by atoms with E-state index in [-0.39, 0.29) is 37.5 Å². The highest BCUT2D eigenvalue weighted by Gasteiger charge is 2.19. The maximum absolute atomic E-state index is 12.9. The van der Waals surface area contributed by atoms with Gasteiger partial charge < -0.3 is 14.2 Å². The summed E-state index contributed by atoms with van der Waals surface area (Å²) in [7, 11) is 0. The summed E-state index contributed by atoms with van der Waals surface area (Å²) in [4.78, 5) is 38.4. The van der Waals surface area contributed by atoms with Crippen LogP contribution in [0.3, 0.4) is 0 Å². The molecular weight excluding hydrogens is 1010 g/mol. The predicted molar refractivity (Wildman–Crippen MR) is 358 cm³/mol. The minimum atomic E-state index is -0.806. The molecule has 6 nitrogen and oxygen atoms in total. The molecular formula is C76H134O6. The van der Waals surface area contributed by atoms with Gasteiger partial charge in [-0.1, -0.05) is 356 Å². The van der Waals surface area contributed by atoms with Crippen molar-refractivity contribution in [3.05, 3.63) is 85.1 Å². The Balaban J connectivity index is 4.34. The lowest BCUT2D eigenvalue weighted by Crippen LogP contribution is -2.30. The Morgan fingerprint density at radius 1 is 0.256 bits per heavy atom. The maximum Gasteiger partial charge on any atom is 0.306 e. The van der Waals surface area contributed by atoms with Crippen molar-refractivity contribution in [1.82, 2.24) is 0 Å². The summed E-state index contributed by atoms with van der Waals surface area (Å²) in [5, 5.41) is 0. The molecule has 0 amide bonds. The minimum absolute atomic E-state index is 0.0952. The van der Waals surface area contributed by atoms with Crippen molar-refractivity contribution in [2.75, 3.05) is 13.2 Å². The number of hydrogen-bond acceptors (Lipinski definition) is 6. The van der Waals surface area contributed by atoms with Gasteiger partial charge in [-0.3, -0.25) is 14.4 Å². The molecule has 0 N–H and O–H groups in total. The van der Waals surface area contributed by atoms with Crippen molar-refractivity contribution in [1.29, 1.82) is 0 Å². The Hall–Kier alpha value is -3.41. The van der Waals surface area contributed by atoms with Gasteiger partial charge in [-0.05, 0) is 70.6 Å². The van der Waals surface area contributed by atoms with Crippen molar-refractivity contribution < 1.29 is 28.6 Å². The smallest absolute Gasteiger partial charge is 0.306 e. The fourth-order valence-corrected chi connectivity index (χ4v) is 10.4. The first-order valence-corrected chi connectivity index (χ1v) is 35.6. The van der Waals surface area contributed by atoms with Crippen LogP contribution in [0.1, 0.15) is 361 Å². The molecule has 0 bridgehead atoms. The number of carbonyl (C=O) groups is 3. The fraction of sp³-hybridized carbons (Fsp3) is 0.776. The Morgan fingerprint density at radius 2 is 0.476 bits per heavy atom. The Kier molecular flexibility index (Phi) is 67.2. The molecule has 0 aliphatic rings. The molecule has 0 heterocycles. The quantitative estimate of drug-likeness (QED) is 0.0261. The lowest BCUT2D eigenvalue weighted by Gasteiger charge is -2.18. The second-order valence-corrected chi connectivity index (χ2v) is 23.8. The average molecular weight is 1140 g/mol. The van der Waals surface area contributed by atoms with Crippen molar-refractivity contribution >= 4 is 17.9 Å². The van der Waals surface area contributed by atoms with Crippen LogP contribution in [0.2, 0.25) is 0 Å². The molecule has 474 valence electrons. The van der Waals surface area contributed by atoms with Gasteiger partial charge in [0, 0.05) is 19.3 Å². The third-order valence-electron chi connectivity index (χ3n) is 15.7. The Labute approximate surface area is 509 Å². The van der Waals surface area contributed by atoms with Gasteiger partial charge in [-0.25, -0.2) is 0 Å². The zero-order valence-corrected chi connectivity index (χ0v) is 54.5. The highest BCUT2D eigenvalue weighted by molar-refractivity contribution is 5.71. The lowest BCUT2D eigenvalue weighted by molar-refractivity contribution is -0.167. The second kappa shape index (κ2) is 70.1. The van der Waals surface area contributed by atoms with Gasteiger partial charge >= 0.3 is 17.9 Å². The molecule has 0 fully saturated rings.